The zero-order valence-electron chi connectivity index (χ0n) is 15.1. The summed E-state index contributed by atoms with van der Waals surface area (Å²) < 4.78 is 26.3. The number of hydrogen-bond acceptors (Lipinski definition) is 5. The zero-order chi connectivity index (χ0) is 21.3. The lowest BCUT2D eigenvalue weighted by atomic mass is 10.2. The molecule has 2 heterocycles. The Morgan fingerprint density at radius 3 is 2.40 bits per heavy atom. The van der Waals surface area contributed by atoms with E-state index in [9.17, 15) is 13.2 Å². The number of nitrogens with one attached hydrogen (secondary N) is 1. The first-order chi connectivity index (χ1) is 14.4. The summed E-state index contributed by atoms with van der Waals surface area (Å²) >= 11 is 12.0. The first kappa shape index (κ1) is 20.1. The van der Waals surface area contributed by atoms with Gasteiger partial charge in [0.25, 0.3) is 5.91 Å². The van der Waals surface area contributed by atoms with Gasteiger partial charge in [-0.2, -0.15) is 5.10 Å². The fourth-order valence-corrected chi connectivity index (χ4v) is 3.93. The Morgan fingerprint density at radius 1 is 1.03 bits per heavy atom. The predicted molar refractivity (Wildman–Crippen MR) is 116 cm³/mol. The molecule has 1 N–H and O–H groups in total. The van der Waals surface area contributed by atoms with Gasteiger partial charge < -0.3 is 5.32 Å². The van der Waals surface area contributed by atoms with E-state index in [4.69, 9.17) is 23.2 Å². The number of aromatic nitrogens is 3. The largest absolute Gasteiger partial charge is 0.322 e. The number of amides is 1. The minimum absolute atomic E-state index is 0.0613. The Bertz CT molecular complexity index is 1300. The molecule has 1 amide bonds. The molecule has 0 aliphatic carbocycles. The van der Waals surface area contributed by atoms with Gasteiger partial charge in [0.2, 0.25) is 10.9 Å². The number of hydrogen-bond donors (Lipinski definition) is 2. The van der Waals surface area contributed by atoms with E-state index < -0.39 is 16.8 Å². The second kappa shape index (κ2) is 8.31. The monoisotopic (exact) mass is 461 g/mol. The summed E-state index contributed by atoms with van der Waals surface area (Å²) in [6, 6.07) is 14.8. The number of rotatable bonds is 5. The molecule has 4 aromatic rings. The lowest BCUT2D eigenvalue weighted by molar-refractivity contribution is 0.102. The van der Waals surface area contributed by atoms with Gasteiger partial charge in [-0.15, -0.1) is 0 Å². The Balaban J connectivity index is 1.76. The molecule has 2 aromatic carbocycles. The summed E-state index contributed by atoms with van der Waals surface area (Å²) in [5.74, 6) is -0.365. The Labute approximate surface area is 182 Å². The first-order valence-electron chi connectivity index (χ1n) is 8.54. The van der Waals surface area contributed by atoms with Crippen molar-refractivity contribution in [1.29, 1.82) is 0 Å². The highest BCUT2D eigenvalue weighted by atomic mass is 35.5. The molecule has 0 aliphatic rings. The van der Waals surface area contributed by atoms with Crippen LogP contribution in [0, 0.1) is 0 Å². The third-order valence-corrected chi connectivity index (χ3v) is 5.30. The fraction of sp³-hybridized carbons (Fsp3) is 0. The van der Waals surface area contributed by atoms with Gasteiger partial charge in [-0.3, -0.25) is 4.79 Å². The highest BCUT2D eigenvalue weighted by Gasteiger charge is 2.19. The molecule has 0 aliphatic heterocycles. The van der Waals surface area contributed by atoms with Crippen LogP contribution in [0.4, 0.5) is 17.2 Å². The van der Waals surface area contributed by atoms with Crippen molar-refractivity contribution in [2.24, 2.45) is 0 Å². The molecule has 2 aromatic heterocycles. The third kappa shape index (κ3) is 4.09. The highest BCUT2D eigenvalue weighted by Crippen LogP contribution is 2.30. The smallest absolute Gasteiger partial charge is 0.261 e. The van der Waals surface area contributed by atoms with Crippen LogP contribution in [0.25, 0.3) is 5.65 Å². The van der Waals surface area contributed by atoms with Crippen LogP contribution in [0.1, 0.15) is 10.4 Å². The van der Waals surface area contributed by atoms with Crippen molar-refractivity contribution in [2.45, 2.75) is 0 Å². The fourth-order valence-electron chi connectivity index (χ4n) is 2.83. The molecule has 4 rings (SSSR count). The number of halogens is 2. The van der Waals surface area contributed by atoms with Crippen LogP contribution >= 0.6 is 23.2 Å². The third-order valence-electron chi connectivity index (χ3n) is 4.10. The standard InChI is InChI=1S/C19H13Cl2N5O3S/c20-12-8-13(21)10-15(9-12)26(30(28)29)17-6-7-25-18(24-17)16(11-22-25)19(27)23-14-4-2-1-3-5-14/h1-11,30H,(H,23,27). The van der Waals surface area contributed by atoms with E-state index in [1.165, 1.54) is 41.2 Å². The summed E-state index contributed by atoms with van der Waals surface area (Å²) in [4.78, 5) is 17.0. The maximum atomic E-state index is 12.7. The van der Waals surface area contributed by atoms with Gasteiger partial charge in [0.05, 0.1) is 11.9 Å². The van der Waals surface area contributed by atoms with Crippen LogP contribution in [-0.2, 0) is 10.9 Å². The number of fused-ring (bicyclic) bond motifs is 1. The second-order valence-electron chi connectivity index (χ2n) is 6.11. The quantitative estimate of drug-likeness (QED) is 0.438. The van der Waals surface area contributed by atoms with Crippen LogP contribution in [0.2, 0.25) is 10.0 Å². The Kier molecular flexibility index (Phi) is 5.58. The first-order valence-corrected chi connectivity index (χ1v) is 10.4. The Morgan fingerprint density at radius 2 is 1.73 bits per heavy atom. The Hall–Kier alpha value is -3.14. The molecule has 0 saturated heterocycles. The molecule has 0 saturated carbocycles. The average Bonchev–Trinajstić information content (AvgIpc) is 3.11. The number of thiol groups is 1. The van der Waals surface area contributed by atoms with E-state index in [1.54, 1.807) is 24.3 Å². The SMILES string of the molecule is O=C(Nc1ccccc1)c1cnn2ccc(N(c3cc(Cl)cc(Cl)c3)[SH](=O)=O)nc12. The van der Waals surface area contributed by atoms with Gasteiger partial charge in [-0.05, 0) is 30.3 Å². The van der Waals surface area contributed by atoms with Crippen molar-refractivity contribution < 1.29 is 13.2 Å². The lowest BCUT2D eigenvalue weighted by Gasteiger charge is -2.17. The van der Waals surface area contributed by atoms with Gasteiger partial charge in [-0.25, -0.2) is 22.2 Å². The molecular weight excluding hydrogens is 449 g/mol. The van der Waals surface area contributed by atoms with Gasteiger partial charge >= 0.3 is 0 Å². The molecule has 0 radical (unpaired) electrons. The van der Waals surface area contributed by atoms with Gasteiger partial charge in [0, 0.05) is 28.0 Å². The maximum Gasteiger partial charge on any atom is 0.261 e. The molecule has 8 nitrogen and oxygen atoms in total. The van der Waals surface area contributed by atoms with Crippen molar-refractivity contribution in [2.75, 3.05) is 9.62 Å². The number of para-hydroxylation sites is 1. The molecule has 30 heavy (non-hydrogen) atoms. The molecule has 0 unspecified atom stereocenters. The van der Waals surface area contributed by atoms with Crippen molar-refractivity contribution >= 4 is 62.8 Å². The second-order valence-corrected chi connectivity index (χ2v) is 7.86. The molecule has 0 fully saturated rings. The van der Waals surface area contributed by atoms with E-state index in [0.717, 1.165) is 4.31 Å². The molecule has 0 spiro atoms. The minimum Gasteiger partial charge on any atom is -0.322 e. The predicted octanol–water partition coefficient (Wildman–Crippen LogP) is 3.95. The zero-order valence-corrected chi connectivity index (χ0v) is 17.5. The van der Waals surface area contributed by atoms with E-state index in [1.807, 2.05) is 6.07 Å². The topological polar surface area (TPSA) is 96.7 Å². The van der Waals surface area contributed by atoms with Crippen molar-refractivity contribution in [3.05, 3.63) is 82.6 Å². The van der Waals surface area contributed by atoms with Gasteiger partial charge in [0.1, 0.15) is 5.56 Å². The summed E-state index contributed by atoms with van der Waals surface area (Å²) in [7, 11) is -3.12. The average molecular weight is 462 g/mol. The van der Waals surface area contributed by atoms with Crippen molar-refractivity contribution in [3.63, 3.8) is 0 Å². The van der Waals surface area contributed by atoms with E-state index in [2.05, 4.69) is 15.4 Å². The number of benzene rings is 2. The number of carbonyl (C=O) groups excluding carboxylic acids is 1. The van der Waals surface area contributed by atoms with Crippen LogP contribution in [0.3, 0.4) is 0 Å². The number of carbonyl (C=O) groups is 1. The van der Waals surface area contributed by atoms with Crippen molar-refractivity contribution in [1.82, 2.24) is 14.6 Å². The van der Waals surface area contributed by atoms with Crippen molar-refractivity contribution in [3.8, 4) is 0 Å². The molecule has 0 atom stereocenters. The van der Waals surface area contributed by atoms with Crippen LogP contribution in [0.5, 0.6) is 0 Å². The summed E-state index contributed by atoms with van der Waals surface area (Å²) in [5.41, 5.74) is 1.20. The summed E-state index contributed by atoms with van der Waals surface area (Å²) in [5, 5.41) is 7.41. The van der Waals surface area contributed by atoms with E-state index >= 15 is 0 Å². The van der Waals surface area contributed by atoms with E-state index in [0.29, 0.717) is 5.69 Å². The molecule has 152 valence electrons. The van der Waals surface area contributed by atoms with Crippen LogP contribution in [0.15, 0.2) is 67.0 Å². The van der Waals surface area contributed by atoms with E-state index in [-0.39, 0.29) is 32.8 Å². The molecule has 11 heteroatoms. The normalized spacial score (nSPS) is 11.0. The number of anilines is 3. The summed E-state index contributed by atoms with van der Waals surface area (Å²) in [6.07, 6.45) is 2.87. The lowest BCUT2D eigenvalue weighted by Crippen LogP contribution is -2.17. The van der Waals surface area contributed by atoms with Crippen LogP contribution < -0.4 is 9.62 Å². The maximum absolute atomic E-state index is 12.7. The van der Waals surface area contributed by atoms with Crippen LogP contribution in [-0.4, -0.2) is 28.9 Å². The summed E-state index contributed by atoms with van der Waals surface area (Å²) in [6.45, 7) is 0. The molecule has 0 bridgehead atoms. The highest BCUT2D eigenvalue weighted by molar-refractivity contribution is 7.74. The minimum atomic E-state index is -3.12. The van der Waals surface area contributed by atoms with Gasteiger partial charge in [-0.1, -0.05) is 41.4 Å². The number of nitrogens with zero attached hydrogens (tertiary/aromatic N) is 4. The van der Waals surface area contributed by atoms with Gasteiger partial charge in [0.15, 0.2) is 11.5 Å². The molecular formula is C19H13Cl2N5O3S.